The summed E-state index contributed by atoms with van der Waals surface area (Å²) in [5, 5.41) is 12.6. The van der Waals surface area contributed by atoms with Gasteiger partial charge in [0.05, 0.1) is 6.04 Å². The third kappa shape index (κ3) is 4.89. The molecule has 0 aliphatic heterocycles. The number of ether oxygens (including phenoxy) is 1. The Balaban J connectivity index is 2.42. The zero-order valence-corrected chi connectivity index (χ0v) is 11.6. The minimum atomic E-state index is -0.694. The molecule has 2 unspecified atom stereocenters. The monoisotopic (exact) mass is 266 g/mol. The van der Waals surface area contributed by atoms with E-state index in [1.54, 1.807) is 6.92 Å². The molecule has 0 aromatic heterocycles. The summed E-state index contributed by atoms with van der Waals surface area (Å²) in [4.78, 5) is 10.8. The fourth-order valence-electron chi connectivity index (χ4n) is 1.68. The first-order valence-corrected chi connectivity index (χ1v) is 6.31. The molecular weight excluding hydrogens is 244 g/mol. The number of amides is 1. The summed E-state index contributed by atoms with van der Waals surface area (Å²) in [6.07, 6.45) is -0.694. The van der Waals surface area contributed by atoms with E-state index in [9.17, 15) is 9.90 Å². The maximum atomic E-state index is 10.8. The number of benzene rings is 1. The van der Waals surface area contributed by atoms with Crippen LogP contribution in [0.25, 0.3) is 0 Å². The lowest BCUT2D eigenvalue weighted by molar-refractivity contribution is -0.119. The van der Waals surface area contributed by atoms with Gasteiger partial charge in [-0.25, -0.2) is 0 Å². The lowest BCUT2D eigenvalue weighted by Crippen LogP contribution is -2.43. The van der Waals surface area contributed by atoms with Gasteiger partial charge in [0.15, 0.2) is 0 Å². The Morgan fingerprint density at radius 2 is 2.00 bits per heavy atom. The Hall–Kier alpha value is -1.59. The highest BCUT2D eigenvalue weighted by Crippen LogP contribution is 2.22. The lowest BCUT2D eigenvalue weighted by atomic mass is 10.1. The molecule has 2 atom stereocenters. The maximum Gasteiger partial charge on any atom is 0.234 e. The molecule has 106 valence electrons. The fraction of sp³-hybridized carbons (Fsp3) is 0.500. The number of aryl methyl sites for hydroxylation is 2. The van der Waals surface area contributed by atoms with Crippen LogP contribution in [0.4, 0.5) is 0 Å². The number of para-hydroxylation sites is 1. The Morgan fingerprint density at radius 3 is 2.53 bits per heavy atom. The van der Waals surface area contributed by atoms with Crippen molar-refractivity contribution in [1.29, 1.82) is 0 Å². The number of aliphatic hydroxyl groups excluding tert-OH is 1. The van der Waals surface area contributed by atoms with Crippen LogP contribution in [0.5, 0.6) is 5.75 Å². The van der Waals surface area contributed by atoms with E-state index < -0.39 is 18.1 Å². The van der Waals surface area contributed by atoms with Gasteiger partial charge in [-0.2, -0.15) is 0 Å². The summed E-state index contributed by atoms with van der Waals surface area (Å²) in [5.74, 6) is 0.354. The molecule has 1 aromatic rings. The molecule has 0 bridgehead atoms. The number of aliphatic hydroxyl groups is 1. The number of carbonyl (C=O) groups excluding carboxylic acids is 1. The molecule has 0 radical (unpaired) electrons. The average Bonchev–Trinajstić information content (AvgIpc) is 2.35. The molecule has 0 saturated carbocycles. The van der Waals surface area contributed by atoms with Crippen molar-refractivity contribution >= 4 is 5.91 Å². The molecule has 5 heteroatoms. The zero-order chi connectivity index (χ0) is 14.4. The molecule has 0 saturated heterocycles. The molecule has 1 rings (SSSR count). The van der Waals surface area contributed by atoms with E-state index in [1.807, 2.05) is 32.0 Å². The normalized spacial score (nSPS) is 13.9. The van der Waals surface area contributed by atoms with E-state index >= 15 is 0 Å². The molecular formula is C14H22N2O3. The molecule has 1 aromatic carbocycles. The lowest BCUT2D eigenvalue weighted by Gasteiger charge is -2.17. The van der Waals surface area contributed by atoms with Crippen LogP contribution in [0, 0.1) is 13.8 Å². The third-order valence-corrected chi connectivity index (χ3v) is 2.92. The van der Waals surface area contributed by atoms with Gasteiger partial charge in [-0.3, -0.25) is 4.79 Å². The fourth-order valence-corrected chi connectivity index (χ4v) is 1.68. The van der Waals surface area contributed by atoms with E-state index in [2.05, 4.69) is 5.32 Å². The van der Waals surface area contributed by atoms with Crippen molar-refractivity contribution in [2.24, 2.45) is 5.73 Å². The zero-order valence-electron chi connectivity index (χ0n) is 11.6. The molecule has 4 N–H and O–H groups in total. The number of carbonyl (C=O) groups is 1. The second-order valence-electron chi connectivity index (χ2n) is 4.72. The summed E-state index contributed by atoms with van der Waals surface area (Å²) in [6, 6.07) is 5.42. The van der Waals surface area contributed by atoms with Gasteiger partial charge in [-0.1, -0.05) is 18.2 Å². The molecule has 0 aliphatic rings. The van der Waals surface area contributed by atoms with Crippen molar-refractivity contribution in [3.8, 4) is 5.75 Å². The summed E-state index contributed by atoms with van der Waals surface area (Å²) in [5.41, 5.74) is 7.18. The minimum Gasteiger partial charge on any atom is -0.490 e. The first-order chi connectivity index (χ1) is 8.91. The number of nitrogens with two attached hydrogens (primary N) is 1. The summed E-state index contributed by atoms with van der Waals surface area (Å²) in [7, 11) is 0. The van der Waals surface area contributed by atoms with Gasteiger partial charge in [-0.15, -0.1) is 0 Å². The van der Waals surface area contributed by atoms with Crippen LogP contribution in [-0.2, 0) is 4.79 Å². The van der Waals surface area contributed by atoms with Gasteiger partial charge >= 0.3 is 0 Å². The molecule has 0 fully saturated rings. The first-order valence-electron chi connectivity index (χ1n) is 6.31. The second-order valence-corrected chi connectivity index (χ2v) is 4.72. The Bertz CT molecular complexity index is 414. The number of hydrogen-bond donors (Lipinski definition) is 3. The highest BCUT2D eigenvalue weighted by molar-refractivity contribution is 5.79. The highest BCUT2D eigenvalue weighted by Gasteiger charge is 2.12. The largest absolute Gasteiger partial charge is 0.490 e. The van der Waals surface area contributed by atoms with Crippen LogP contribution < -0.4 is 15.8 Å². The standard InChI is InChI=1S/C14H22N2O3/c1-9-5-4-6-10(2)13(9)19-8-12(17)7-16-11(3)14(15)18/h4-6,11-12,16-17H,7-8H2,1-3H3,(H2,15,18). The van der Waals surface area contributed by atoms with Crippen molar-refractivity contribution in [2.75, 3.05) is 13.2 Å². The number of nitrogens with one attached hydrogen (secondary N) is 1. The van der Waals surface area contributed by atoms with Gasteiger partial charge in [0.1, 0.15) is 18.5 Å². The van der Waals surface area contributed by atoms with Crippen LogP contribution in [-0.4, -0.2) is 36.3 Å². The Morgan fingerprint density at radius 1 is 1.42 bits per heavy atom. The van der Waals surface area contributed by atoms with Crippen LogP contribution in [0.15, 0.2) is 18.2 Å². The molecule has 1 amide bonds. The molecule has 0 spiro atoms. The Kier molecular flexibility index (Phi) is 5.79. The van der Waals surface area contributed by atoms with Gasteiger partial charge in [0.2, 0.25) is 5.91 Å². The van der Waals surface area contributed by atoms with Crippen molar-refractivity contribution in [1.82, 2.24) is 5.32 Å². The van der Waals surface area contributed by atoms with Crippen molar-refractivity contribution < 1.29 is 14.6 Å². The molecule has 19 heavy (non-hydrogen) atoms. The predicted molar refractivity (Wildman–Crippen MR) is 74.1 cm³/mol. The minimum absolute atomic E-state index is 0.171. The topological polar surface area (TPSA) is 84.6 Å². The Labute approximate surface area is 113 Å². The van der Waals surface area contributed by atoms with Crippen LogP contribution in [0.3, 0.4) is 0 Å². The van der Waals surface area contributed by atoms with E-state index in [-0.39, 0.29) is 13.2 Å². The SMILES string of the molecule is Cc1cccc(C)c1OCC(O)CNC(C)C(N)=O. The van der Waals surface area contributed by atoms with Crippen LogP contribution in [0.2, 0.25) is 0 Å². The van der Waals surface area contributed by atoms with Gasteiger partial charge < -0.3 is 20.9 Å². The average molecular weight is 266 g/mol. The number of primary amides is 1. The highest BCUT2D eigenvalue weighted by atomic mass is 16.5. The van der Waals surface area contributed by atoms with E-state index in [0.29, 0.717) is 0 Å². The predicted octanol–water partition coefficient (Wildman–Crippen LogP) is 0.507. The summed E-state index contributed by atoms with van der Waals surface area (Å²) < 4.78 is 5.62. The smallest absolute Gasteiger partial charge is 0.234 e. The summed E-state index contributed by atoms with van der Waals surface area (Å²) >= 11 is 0. The van der Waals surface area contributed by atoms with Crippen molar-refractivity contribution in [2.45, 2.75) is 32.9 Å². The van der Waals surface area contributed by atoms with Gasteiger partial charge in [-0.05, 0) is 31.9 Å². The molecule has 0 aliphatic carbocycles. The molecule has 5 nitrogen and oxygen atoms in total. The number of rotatable bonds is 7. The third-order valence-electron chi connectivity index (χ3n) is 2.92. The van der Waals surface area contributed by atoms with E-state index in [1.165, 1.54) is 0 Å². The van der Waals surface area contributed by atoms with E-state index in [0.717, 1.165) is 16.9 Å². The van der Waals surface area contributed by atoms with Gasteiger partial charge in [0.25, 0.3) is 0 Å². The molecule has 0 heterocycles. The number of hydrogen-bond acceptors (Lipinski definition) is 4. The van der Waals surface area contributed by atoms with E-state index in [4.69, 9.17) is 10.5 Å². The van der Waals surface area contributed by atoms with Crippen molar-refractivity contribution in [3.05, 3.63) is 29.3 Å². The van der Waals surface area contributed by atoms with Gasteiger partial charge in [0, 0.05) is 6.54 Å². The summed E-state index contributed by atoms with van der Waals surface area (Å²) in [6.45, 7) is 6.00. The van der Waals surface area contributed by atoms with Crippen LogP contribution >= 0.6 is 0 Å². The quantitative estimate of drug-likeness (QED) is 0.671. The van der Waals surface area contributed by atoms with Crippen molar-refractivity contribution in [3.63, 3.8) is 0 Å². The second kappa shape index (κ2) is 7.11. The van der Waals surface area contributed by atoms with Crippen LogP contribution in [0.1, 0.15) is 18.1 Å². The first kappa shape index (κ1) is 15.5. The maximum absolute atomic E-state index is 10.8.